The Morgan fingerprint density at radius 3 is 3.08 bits per heavy atom. The van der Waals surface area contributed by atoms with Crippen molar-refractivity contribution in [2.75, 3.05) is 20.3 Å². The van der Waals surface area contributed by atoms with Crippen molar-refractivity contribution in [3.63, 3.8) is 0 Å². The van der Waals surface area contributed by atoms with Crippen LogP contribution in [0.2, 0.25) is 0 Å². The second-order valence-electron chi connectivity index (χ2n) is 2.32. The van der Waals surface area contributed by atoms with E-state index in [4.69, 9.17) is 4.74 Å². The molecule has 68 valence electrons. The van der Waals surface area contributed by atoms with Crippen molar-refractivity contribution in [2.45, 2.75) is 13.0 Å². The van der Waals surface area contributed by atoms with Crippen LogP contribution in [0.3, 0.4) is 0 Å². The van der Waals surface area contributed by atoms with Gasteiger partial charge in [0.25, 0.3) is 0 Å². The molecule has 0 bridgehead atoms. The van der Waals surface area contributed by atoms with Gasteiger partial charge < -0.3 is 10.1 Å². The van der Waals surface area contributed by atoms with Crippen molar-refractivity contribution in [1.29, 1.82) is 0 Å². The molecule has 1 heterocycles. The van der Waals surface area contributed by atoms with Gasteiger partial charge in [-0.25, -0.2) is 0 Å². The Hall–Kier alpha value is -0.520. The fraction of sp³-hybridized carbons (Fsp3) is 0.714. The molecule has 1 aromatic heterocycles. The minimum Gasteiger partial charge on any atom is -0.380 e. The molecule has 0 aliphatic carbocycles. The maximum Gasteiger partial charge on any atom is 0.0682 e. The first-order valence-electron chi connectivity index (χ1n) is 3.90. The van der Waals surface area contributed by atoms with Crippen LogP contribution >= 0.6 is 11.5 Å². The van der Waals surface area contributed by atoms with Gasteiger partial charge in [0.2, 0.25) is 0 Å². The first-order valence-corrected chi connectivity index (χ1v) is 4.68. The topological polar surface area (TPSA) is 47.0 Å². The number of nitrogens with zero attached hydrogens (tertiary/aromatic N) is 2. The summed E-state index contributed by atoms with van der Waals surface area (Å²) in [6.45, 7) is 3.40. The molecule has 0 aromatic carbocycles. The molecule has 0 saturated carbocycles. The minimum absolute atomic E-state index is 0.227. The van der Waals surface area contributed by atoms with Gasteiger partial charge in [-0.2, -0.15) is 0 Å². The van der Waals surface area contributed by atoms with Crippen LogP contribution < -0.4 is 5.32 Å². The van der Waals surface area contributed by atoms with Gasteiger partial charge in [-0.3, -0.25) is 0 Å². The maximum absolute atomic E-state index is 5.30. The molecule has 0 amide bonds. The molecule has 1 atom stereocenters. The normalized spacial score (nSPS) is 13.2. The third-order valence-electron chi connectivity index (χ3n) is 1.56. The smallest absolute Gasteiger partial charge is 0.0682 e. The van der Waals surface area contributed by atoms with Crippen molar-refractivity contribution in [2.24, 2.45) is 0 Å². The lowest BCUT2D eigenvalue weighted by atomic mass is 10.3. The Balaban J connectivity index is 2.45. The summed E-state index contributed by atoms with van der Waals surface area (Å²) in [6, 6.07) is 0.227. The highest BCUT2D eigenvalue weighted by Gasteiger charge is 2.10. The van der Waals surface area contributed by atoms with Gasteiger partial charge in [0.1, 0.15) is 0 Å². The fourth-order valence-corrected chi connectivity index (χ4v) is 1.47. The van der Waals surface area contributed by atoms with E-state index >= 15 is 0 Å². The second kappa shape index (κ2) is 5.18. The molecular weight excluding hydrogens is 174 g/mol. The zero-order valence-corrected chi connectivity index (χ0v) is 8.10. The van der Waals surface area contributed by atoms with Crippen molar-refractivity contribution >= 4 is 11.5 Å². The van der Waals surface area contributed by atoms with Crippen molar-refractivity contribution < 1.29 is 4.74 Å². The van der Waals surface area contributed by atoms with Crippen LogP contribution in [0.25, 0.3) is 0 Å². The lowest BCUT2D eigenvalue weighted by Crippen LogP contribution is -2.20. The van der Waals surface area contributed by atoms with E-state index in [0.29, 0.717) is 6.61 Å². The average molecular weight is 187 g/mol. The highest BCUT2D eigenvalue weighted by molar-refractivity contribution is 7.05. The molecule has 0 saturated heterocycles. The number of rotatable bonds is 5. The Labute approximate surface area is 76.1 Å². The van der Waals surface area contributed by atoms with Crippen molar-refractivity contribution in [3.8, 4) is 0 Å². The van der Waals surface area contributed by atoms with E-state index in [9.17, 15) is 0 Å². The van der Waals surface area contributed by atoms with Gasteiger partial charge in [0, 0.05) is 6.61 Å². The third kappa shape index (κ3) is 2.51. The van der Waals surface area contributed by atoms with Gasteiger partial charge in [0.05, 0.1) is 23.7 Å². The van der Waals surface area contributed by atoms with E-state index < -0.39 is 0 Å². The molecule has 1 aromatic rings. The second-order valence-corrected chi connectivity index (χ2v) is 3.14. The molecule has 1 rings (SSSR count). The molecule has 1 unspecified atom stereocenters. The lowest BCUT2D eigenvalue weighted by molar-refractivity contribution is 0.126. The van der Waals surface area contributed by atoms with Gasteiger partial charge in [-0.1, -0.05) is 4.49 Å². The Bertz CT molecular complexity index is 202. The summed E-state index contributed by atoms with van der Waals surface area (Å²) in [5.74, 6) is 0. The van der Waals surface area contributed by atoms with E-state index in [-0.39, 0.29) is 6.04 Å². The standard InChI is InChI=1S/C7H13N3OS/c1-3-11-5-6(8-2)7-4-9-10-12-7/h4,6,8H,3,5H2,1-2H3. The van der Waals surface area contributed by atoms with Crippen LogP contribution in [0.4, 0.5) is 0 Å². The highest BCUT2D eigenvalue weighted by atomic mass is 32.1. The predicted molar refractivity (Wildman–Crippen MR) is 48.2 cm³/mol. The maximum atomic E-state index is 5.30. The molecule has 0 fully saturated rings. The van der Waals surface area contributed by atoms with E-state index in [1.165, 1.54) is 11.5 Å². The number of aromatic nitrogens is 2. The Kier molecular flexibility index (Phi) is 4.13. The largest absolute Gasteiger partial charge is 0.380 e. The van der Waals surface area contributed by atoms with Gasteiger partial charge in [-0.05, 0) is 25.5 Å². The van der Waals surface area contributed by atoms with Crippen LogP contribution in [-0.2, 0) is 4.74 Å². The van der Waals surface area contributed by atoms with Crippen molar-refractivity contribution in [1.82, 2.24) is 14.9 Å². The van der Waals surface area contributed by atoms with Crippen LogP contribution in [0.1, 0.15) is 17.8 Å². The number of hydrogen-bond acceptors (Lipinski definition) is 5. The number of nitrogens with one attached hydrogen (secondary N) is 1. The molecule has 4 nitrogen and oxygen atoms in total. The molecule has 1 N–H and O–H groups in total. The van der Waals surface area contributed by atoms with E-state index in [1.807, 2.05) is 14.0 Å². The molecule has 0 aliphatic rings. The molecular formula is C7H13N3OS. The molecule has 0 spiro atoms. The van der Waals surface area contributed by atoms with E-state index in [2.05, 4.69) is 14.9 Å². The summed E-state index contributed by atoms with van der Waals surface area (Å²) in [7, 11) is 1.91. The average Bonchev–Trinajstić information content (AvgIpc) is 2.59. The Morgan fingerprint density at radius 2 is 2.58 bits per heavy atom. The summed E-state index contributed by atoms with van der Waals surface area (Å²) in [5.41, 5.74) is 0. The molecule has 5 heteroatoms. The lowest BCUT2D eigenvalue weighted by Gasteiger charge is -2.12. The van der Waals surface area contributed by atoms with Crippen molar-refractivity contribution in [3.05, 3.63) is 11.1 Å². The zero-order chi connectivity index (χ0) is 8.81. The first-order chi connectivity index (χ1) is 5.88. The van der Waals surface area contributed by atoms with Gasteiger partial charge in [0.15, 0.2) is 0 Å². The fourth-order valence-electron chi connectivity index (χ4n) is 0.872. The summed E-state index contributed by atoms with van der Waals surface area (Å²) >= 11 is 1.40. The number of ether oxygens (including phenoxy) is 1. The molecule has 12 heavy (non-hydrogen) atoms. The number of likely N-dealkylation sites (N-methyl/N-ethyl adjacent to an activating group) is 1. The SMILES string of the molecule is CCOCC(NC)c1cnns1. The Morgan fingerprint density at radius 1 is 1.75 bits per heavy atom. The van der Waals surface area contributed by atoms with Crippen LogP contribution in [0.15, 0.2) is 6.20 Å². The highest BCUT2D eigenvalue weighted by Crippen LogP contribution is 2.14. The third-order valence-corrected chi connectivity index (χ3v) is 2.34. The van der Waals surface area contributed by atoms with Crippen LogP contribution in [0, 0.1) is 0 Å². The van der Waals surface area contributed by atoms with Crippen LogP contribution in [-0.4, -0.2) is 29.8 Å². The quantitative estimate of drug-likeness (QED) is 0.742. The van der Waals surface area contributed by atoms with E-state index in [1.54, 1.807) is 6.20 Å². The molecule has 0 radical (unpaired) electrons. The summed E-state index contributed by atoms with van der Waals surface area (Å²) in [5, 5.41) is 6.92. The summed E-state index contributed by atoms with van der Waals surface area (Å²) in [4.78, 5) is 1.12. The van der Waals surface area contributed by atoms with Gasteiger partial charge in [-0.15, -0.1) is 5.10 Å². The van der Waals surface area contributed by atoms with Crippen LogP contribution in [0.5, 0.6) is 0 Å². The molecule has 0 aliphatic heterocycles. The first kappa shape index (κ1) is 9.57. The van der Waals surface area contributed by atoms with E-state index in [0.717, 1.165) is 11.5 Å². The monoisotopic (exact) mass is 187 g/mol. The predicted octanol–water partition coefficient (Wildman–Crippen LogP) is 0.835. The number of hydrogen-bond donors (Lipinski definition) is 1. The minimum atomic E-state index is 0.227. The zero-order valence-electron chi connectivity index (χ0n) is 7.28. The summed E-state index contributed by atoms with van der Waals surface area (Å²) in [6.07, 6.45) is 1.77. The van der Waals surface area contributed by atoms with Gasteiger partial charge >= 0.3 is 0 Å². The summed E-state index contributed by atoms with van der Waals surface area (Å²) < 4.78 is 9.09.